The lowest BCUT2D eigenvalue weighted by atomic mass is 10.1. The van der Waals surface area contributed by atoms with Crippen molar-refractivity contribution in [3.8, 4) is 0 Å². The van der Waals surface area contributed by atoms with Gasteiger partial charge in [-0.1, -0.05) is 12.1 Å². The topological polar surface area (TPSA) is 29.9 Å². The van der Waals surface area contributed by atoms with Gasteiger partial charge in [0.05, 0.1) is 5.69 Å². The average Bonchev–Trinajstić information content (AvgIpc) is 2.72. The van der Waals surface area contributed by atoms with Crippen LogP contribution in [-0.2, 0) is 13.6 Å². The Labute approximate surface area is 119 Å². The zero-order valence-electron chi connectivity index (χ0n) is 12.8. The van der Waals surface area contributed by atoms with E-state index in [1.807, 2.05) is 37.0 Å². The lowest BCUT2D eigenvalue weighted by molar-refractivity contribution is 0.568. The molecule has 0 spiro atoms. The van der Waals surface area contributed by atoms with E-state index in [2.05, 4.69) is 17.3 Å². The van der Waals surface area contributed by atoms with E-state index in [-0.39, 0.29) is 11.9 Å². The zero-order chi connectivity index (χ0) is 14.9. The number of nitrogens with one attached hydrogen (secondary N) is 1. The second kappa shape index (κ2) is 5.75. The van der Waals surface area contributed by atoms with E-state index < -0.39 is 0 Å². The van der Waals surface area contributed by atoms with Crippen molar-refractivity contribution < 1.29 is 4.39 Å². The molecule has 3 nitrogen and oxygen atoms in total. The van der Waals surface area contributed by atoms with Crippen molar-refractivity contribution in [1.29, 1.82) is 0 Å². The first kappa shape index (κ1) is 14.7. The van der Waals surface area contributed by atoms with Gasteiger partial charge in [-0.3, -0.25) is 4.68 Å². The van der Waals surface area contributed by atoms with Crippen LogP contribution in [0.3, 0.4) is 0 Å². The molecule has 20 heavy (non-hydrogen) atoms. The Balaban J connectivity index is 2.07. The molecule has 0 radical (unpaired) electrons. The van der Waals surface area contributed by atoms with Crippen LogP contribution >= 0.6 is 0 Å². The van der Waals surface area contributed by atoms with Crippen LogP contribution in [0.25, 0.3) is 0 Å². The van der Waals surface area contributed by atoms with Gasteiger partial charge in [0.15, 0.2) is 0 Å². The first-order valence-corrected chi connectivity index (χ1v) is 6.87. The third-order valence-corrected chi connectivity index (χ3v) is 3.63. The van der Waals surface area contributed by atoms with E-state index in [0.29, 0.717) is 11.1 Å². The van der Waals surface area contributed by atoms with Crippen LogP contribution in [0.4, 0.5) is 4.39 Å². The quantitative estimate of drug-likeness (QED) is 0.927. The Morgan fingerprint density at radius 2 is 1.85 bits per heavy atom. The van der Waals surface area contributed by atoms with E-state index in [1.54, 1.807) is 13.8 Å². The fourth-order valence-electron chi connectivity index (χ4n) is 2.56. The van der Waals surface area contributed by atoms with Gasteiger partial charge in [0.25, 0.3) is 0 Å². The second-order valence-electron chi connectivity index (χ2n) is 5.49. The zero-order valence-corrected chi connectivity index (χ0v) is 12.8. The van der Waals surface area contributed by atoms with E-state index in [0.717, 1.165) is 17.8 Å². The van der Waals surface area contributed by atoms with E-state index >= 15 is 0 Å². The maximum Gasteiger partial charge on any atom is 0.129 e. The van der Waals surface area contributed by atoms with Gasteiger partial charge >= 0.3 is 0 Å². The molecule has 2 aromatic rings. The Morgan fingerprint density at radius 3 is 2.35 bits per heavy atom. The summed E-state index contributed by atoms with van der Waals surface area (Å²) in [5, 5.41) is 7.82. The summed E-state index contributed by atoms with van der Waals surface area (Å²) in [5.41, 5.74) is 4.75. The Morgan fingerprint density at radius 1 is 1.25 bits per heavy atom. The molecule has 0 saturated heterocycles. The standard InChI is InChI=1S/C16H22FN3/c1-10-6-14(7-11(2)16(10)17)8-18-12(3)15-9-20(5)19-13(15)4/h6-7,9,12,18H,8H2,1-5H3. The molecule has 1 atom stereocenters. The lowest BCUT2D eigenvalue weighted by Gasteiger charge is -2.14. The molecular weight excluding hydrogens is 253 g/mol. The van der Waals surface area contributed by atoms with E-state index in [4.69, 9.17) is 0 Å². The largest absolute Gasteiger partial charge is 0.306 e. The summed E-state index contributed by atoms with van der Waals surface area (Å²) in [7, 11) is 1.93. The first-order chi connectivity index (χ1) is 9.38. The number of benzene rings is 1. The molecule has 0 fully saturated rings. The van der Waals surface area contributed by atoms with Gasteiger partial charge in [-0.2, -0.15) is 5.10 Å². The highest BCUT2D eigenvalue weighted by atomic mass is 19.1. The molecule has 0 aliphatic rings. The van der Waals surface area contributed by atoms with Gasteiger partial charge in [-0.25, -0.2) is 4.39 Å². The minimum absolute atomic E-state index is 0.107. The molecule has 0 aliphatic carbocycles. The van der Waals surface area contributed by atoms with Gasteiger partial charge in [0.2, 0.25) is 0 Å². The maximum absolute atomic E-state index is 13.6. The third-order valence-electron chi connectivity index (χ3n) is 3.63. The third kappa shape index (κ3) is 3.07. The summed E-state index contributed by atoms with van der Waals surface area (Å²) in [6.45, 7) is 8.46. The molecule has 4 heteroatoms. The highest BCUT2D eigenvalue weighted by Gasteiger charge is 2.12. The number of nitrogens with zero attached hydrogens (tertiary/aromatic N) is 2. The highest BCUT2D eigenvalue weighted by molar-refractivity contribution is 5.30. The molecule has 0 aliphatic heterocycles. The molecule has 1 unspecified atom stereocenters. The number of aryl methyl sites for hydroxylation is 4. The van der Waals surface area contributed by atoms with Crippen molar-refractivity contribution in [3.05, 3.63) is 52.1 Å². The van der Waals surface area contributed by atoms with Gasteiger partial charge in [0.1, 0.15) is 5.82 Å². The van der Waals surface area contributed by atoms with Crippen LogP contribution in [0.1, 0.15) is 40.9 Å². The Hall–Kier alpha value is -1.68. The van der Waals surface area contributed by atoms with E-state index in [9.17, 15) is 4.39 Å². The van der Waals surface area contributed by atoms with Crippen molar-refractivity contribution in [3.63, 3.8) is 0 Å². The van der Waals surface area contributed by atoms with Crippen molar-refractivity contribution in [1.82, 2.24) is 15.1 Å². The van der Waals surface area contributed by atoms with Gasteiger partial charge in [0, 0.05) is 31.4 Å². The molecule has 0 bridgehead atoms. The summed E-state index contributed by atoms with van der Waals surface area (Å²) >= 11 is 0. The number of rotatable bonds is 4. The first-order valence-electron chi connectivity index (χ1n) is 6.87. The van der Waals surface area contributed by atoms with Gasteiger partial charge in [-0.05, 0) is 44.4 Å². The summed E-state index contributed by atoms with van der Waals surface area (Å²) in [4.78, 5) is 0. The molecule has 2 rings (SSSR count). The normalized spacial score (nSPS) is 12.7. The van der Waals surface area contributed by atoms with Gasteiger partial charge < -0.3 is 5.32 Å². The fraction of sp³-hybridized carbons (Fsp3) is 0.438. The highest BCUT2D eigenvalue weighted by Crippen LogP contribution is 2.18. The second-order valence-corrected chi connectivity index (χ2v) is 5.49. The number of hydrogen-bond donors (Lipinski definition) is 1. The van der Waals surface area contributed by atoms with Crippen LogP contribution < -0.4 is 5.32 Å². The maximum atomic E-state index is 13.6. The summed E-state index contributed by atoms with van der Waals surface area (Å²) in [6, 6.07) is 4.02. The van der Waals surface area contributed by atoms with Crippen molar-refractivity contribution in [2.75, 3.05) is 0 Å². The molecule has 108 valence electrons. The van der Waals surface area contributed by atoms with Crippen molar-refractivity contribution in [2.24, 2.45) is 7.05 Å². The summed E-state index contributed by atoms with van der Waals surface area (Å²) in [6.07, 6.45) is 2.04. The predicted octanol–water partition coefficient (Wildman–Crippen LogP) is 3.34. The van der Waals surface area contributed by atoms with E-state index in [1.165, 1.54) is 5.56 Å². The molecular formula is C16H22FN3. The van der Waals surface area contributed by atoms with Crippen LogP contribution in [0, 0.1) is 26.6 Å². The summed E-state index contributed by atoms with van der Waals surface area (Å²) in [5.74, 6) is -0.107. The minimum atomic E-state index is -0.107. The molecule has 0 saturated carbocycles. The average molecular weight is 275 g/mol. The van der Waals surface area contributed by atoms with Crippen LogP contribution in [0.2, 0.25) is 0 Å². The SMILES string of the molecule is Cc1cc(CNC(C)c2cn(C)nc2C)cc(C)c1F. The van der Waals surface area contributed by atoms with Crippen LogP contribution in [-0.4, -0.2) is 9.78 Å². The van der Waals surface area contributed by atoms with Gasteiger partial charge in [-0.15, -0.1) is 0 Å². The molecule has 1 aromatic heterocycles. The Bertz CT molecular complexity index is 593. The smallest absolute Gasteiger partial charge is 0.129 e. The van der Waals surface area contributed by atoms with Crippen molar-refractivity contribution >= 4 is 0 Å². The predicted molar refractivity (Wildman–Crippen MR) is 79.1 cm³/mol. The monoisotopic (exact) mass is 275 g/mol. The molecule has 1 N–H and O–H groups in total. The van der Waals surface area contributed by atoms with Crippen LogP contribution in [0.15, 0.2) is 18.3 Å². The number of halogens is 1. The number of hydrogen-bond acceptors (Lipinski definition) is 2. The lowest BCUT2D eigenvalue weighted by Crippen LogP contribution is -2.18. The summed E-state index contributed by atoms with van der Waals surface area (Å²) < 4.78 is 15.4. The molecule has 1 heterocycles. The Kier molecular flexibility index (Phi) is 4.23. The fourth-order valence-corrected chi connectivity index (χ4v) is 2.56. The number of aromatic nitrogens is 2. The van der Waals surface area contributed by atoms with Crippen LogP contribution in [0.5, 0.6) is 0 Å². The van der Waals surface area contributed by atoms with Crippen molar-refractivity contribution in [2.45, 2.75) is 40.3 Å². The molecule has 0 amide bonds. The minimum Gasteiger partial charge on any atom is -0.306 e. The molecule has 1 aromatic carbocycles.